The Labute approximate surface area is 134 Å². The Morgan fingerprint density at radius 1 is 1.27 bits per heavy atom. The summed E-state index contributed by atoms with van der Waals surface area (Å²) < 4.78 is 5.33. The quantitative estimate of drug-likeness (QED) is 0.678. The van der Waals surface area contributed by atoms with Crippen molar-refractivity contribution >= 4 is 23.7 Å². The third kappa shape index (κ3) is 4.60. The van der Waals surface area contributed by atoms with E-state index < -0.39 is 0 Å². The maximum absolute atomic E-state index is 11.7. The second kappa shape index (κ2) is 7.61. The molecule has 0 saturated heterocycles. The van der Waals surface area contributed by atoms with Gasteiger partial charge in [-0.25, -0.2) is 5.43 Å². The largest absolute Gasteiger partial charge is 0.482 e. The molecule has 0 bridgehead atoms. The predicted octanol–water partition coefficient (Wildman–Crippen LogP) is 3.49. The van der Waals surface area contributed by atoms with Gasteiger partial charge in [0.05, 0.1) is 11.2 Å². The molecule has 2 aromatic carbocycles. The van der Waals surface area contributed by atoms with Gasteiger partial charge in [0.15, 0.2) is 6.61 Å². The van der Waals surface area contributed by atoms with Crippen LogP contribution in [0.2, 0.25) is 5.02 Å². The van der Waals surface area contributed by atoms with E-state index in [0.29, 0.717) is 10.8 Å². The van der Waals surface area contributed by atoms with Crippen LogP contribution >= 0.6 is 11.6 Å². The minimum atomic E-state index is -0.346. The summed E-state index contributed by atoms with van der Waals surface area (Å²) in [5.74, 6) is 0.124. The second-order valence-corrected chi connectivity index (χ2v) is 5.28. The summed E-state index contributed by atoms with van der Waals surface area (Å²) in [4.78, 5) is 11.7. The molecule has 0 aliphatic carbocycles. The molecule has 1 N–H and O–H groups in total. The topological polar surface area (TPSA) is 50.7 Å². The lowest BCUT2D eigenvalue weighted by atomic mass is 10.1. The van der Waals surface area contributed by atoms with Crippen LogP contribution in [0.5, 0.6) is 5.75 Å². The first kappa shape index (κ1) is 16.0. The Morgan fingerprint density at radius 2 is 2.05 bits per heavy atom. The van der Waals surface area contributed by atoms with E-state index in [0.717, 1.165) is 16.7 Å². The Bertz CT molecular complexity index is 699. The summed E-state index contributed by atoms with van der Waals surface area (Å²) in [5.41, 5.74) is 5.63. The lowest BCUT2D eigenvalue weighted by Crippen LogP contribution is -2.24. The first-order chi connectivity index (χ1) is 10.6. The van der Waals surface area contributed by atoms with Gasteiger partial charge in [-0.2, -0.15) is 5.10 Å². The number of halogens is 1. The maximum Gasteiger partial charge on any atom is 0.277 e. The predicted molar refractivity (Wildman–Crippen MR) is 88.6 cm³/mol. The molecule has 0 saturated carbocycles. The number of hydrazone groups is 1. The number of amides is 1. The van der Waals surface area contributed by atoms with Crippen LogP contribution in [0.4, 0.5) is 0 Å². The zero-order chi connectivity index (χ0) is 15.9. The van der Waals surface area contributed by atoms with Gasteiger partial charge in [-0.15, -0.1) is 0 Å². The van der Waals surface area contributed by atoms with Crippen LogP contribution in [-0.4, -0.2) is 18.7 Å². The highest BCUT2D eigenvalue weighted by Gasteiger charge is 2.04. The fourth-order valence-corrected chi connectivity index (χ4v) is 2.00. The highest BCUT2D eigenvalue weighted by Crippen LogP contribution is 2.22. The molecular formula is C17H17ClN2O2. The maximum atomic E-state index is 11.7. The van der Waals surface area contributed by atoms with E-state index in [4.69, 9.17) is 16.3 Å². The van der Waals surface area contributed by atoms with E-state index in [1.54, 1.807) is 30.5 Å². The fourth-order valence-electron chi connectivity index (χ4n) is 1.81. The molecule has 0 aromatic heterocycles. The van der Waals surface area contributed by atoms with Crippen molar-refractivity contribution in [1.82, 2.24) is 5.43 Å². The van der Waals surface area contributed by atoms with Gasteiger partial charge in [-0.05, 0) is 37.1 Å². The Morgan fingerprint density at radius 3 is 2.82 bits per heavy atom. The number of hydrogen-bond acceptors (Lipinski definition) is 3. The monoisotopic (exact) mass is 316 g/mol. The Balaban J connectivity index is 1.86. The van der Waals surface area contributed by atoms with Crippen molar-refractivity contribution in [3.8, 4) is 5.75 Å². The minimum Gasteiger partial charge on any atom is -0.482 e. The van der Waals surface area contributed by atoms with E-state index >= 15 is 0 Å². The van der Waals surface area contributed by atoms with Crippen LogP contribution in [0, 0.1) is 13.8 Å². The standard InChI is InChI=1S/C17H17ClN2O2/c1-12-7-8-13(2)14(9-12)10-19-20-17(21)11-22-16-6-4-3-5-15(16)18/h3-10H,11H2,1-2H3,(H,20,21)/b19-10-. The van der Waals surface area contributed by atoms with Gasteiger partial charge in [0.1, 0.15) is 5.75 Å². The number of aryl methyl sites for hydroxylation is 2. The molecule has 5 heteroatoms. The number of rotatable bonds is 5. The van der Waals surface area contributed by atoms with Crippen molar-refractivity contribution in [2.24, 2.45) is 5.10 Å². The molecule has 4 nitrogen and oxygen atoms in total. The van der Waals surface area contributed by atoms with E-state index in [9.17, 15) is 4.79 Å². The normalized spacial score (nSPS) is 10.7. The molecule has 0 unspecified atom stereocenters. The van der Waals surface area contributed by atoms with Gasteiger partial charge in [0.2, 0.25) is 0 Å². The molecule has 0 radical (unpaired) electrons. The molecule has 2 aromatic rings. The van der Waals surface area contributed by atoms with Crippen LogP contribution in [-0.2, 0) is 4.79 Å². The zero-order valence-electron chi connectivity index (χ0n) is 12.5. The van der Waals surface area contributed by atoms with E-state index in [-0.39, 0.29) is 12.5 Å². The molecule has 0 fully saturated rings. The third-order valence-corrected chi connectivity index (χ3v) is 3.34. The van der Waals surface area contributed by atoms with Crippen molar-refractivity contribution in [2.45, 2.75) is 13.8 Å². The lowest BCUT2D eigenvalue weighted by molar-refractivity contribution is -0.123. The smallest absolute Gasteiger partial charge is 0.277 e. The highest BCUT2D eigenvalue weighted by molar-refractivity contribution is 6.32. The Hall–Kier alpha value is -2.33. The molecule has 0 heterocycles. The first-order valence-corrected chi connectivity index (χ1v) is 7.20. The number of carbonyl (C=O) groups excluding carboxylic acids is 1. The fraction of sp³-hybridized carbons (Fsp3) is 0.176. The van der Waals surface area contributed by atoms with Crippen molar-refractivity contribution in [2.75, 3.05) is 6.61 Å². The number of benzene rings is 2. The first-order valence-electron chi connectivity index (χ1n) is 6.83. The lowest BCUT2D eigenvalue weighted by Gasteiger charge is -2.06. The number of nitrogens with zero attached hydrogens (tertiary/aromatic N) is 1. The van der Waals surface area contributed by atoms with Crippen LogP contribution in [0.15, 0.2) is 47.6 Å². The van der Waals surface area contributed by atoms with E-state index in [2.05, 4.69) is 10.5 Å². The summed E-state index contributed by atoms with van der Waals surface area (Å²) in [6, 6.07) is 13.0. The molecular weight excluding hydrogens is 300 g/mol. The van der Waals surface area contributed by atoms with Crippen LogP contribution < -0.4 is 10.2 Å². The summed E-state index contributed by atoms with van der Waals surface area (Å²) in [5, 5.41) is 4.41. The van der Waals surface area contributed by atoms with Crippen molar-refractivity contribution in [3.05, 3.63) is 64.2 Å². The summed E-state index contributed by atoms with van der Waals surface area (Å²) >= 11 is 5.94. The average Bonchev–Trinajstić information content (AvgIpc) is 2.50. The third-order valence-electron chi connectivity index (χ3n) is 3.02. The number of ether oxygens (including phenoxy) is 1. The van der Waals surface area contributed by atoms with Gasteiger partial charge in [0, 0.05) is 0 Å². The number of para-hydroxylation sites is 1. The van der Waals surface area contributed by atoms with Crippen LogP contribution in [0.25, 0.3) is 0 Å². The van der Waals surface area contributed by atoms with Gasteiger partial charge in [-0.3, -0.25) is 4.79 Å². The Kier molecular flexibility index (Phi) is 5.55. The minimum absolute atomic E-state index is 0.145. The average molecular weight is 317 g/mol. The van der Waals surface area contributed by atoms with Crippen molar-refractivity contribution in [3.63, 3.8) is 0 Å². The summed E-state index contributed by atoms with van der Waals surface area (Å²) in [6.07, 6.45) is 1.62. The molecule has 0 spiro atoms. The zero-order valence-corrected chi connectivity index (χ0v) is 13.2. The molecule has 1 amide bonds. The van der Waals surface area contributed by atoms with Crippen LogP contribution in [0.3, 0.4) is 0 Å². The van der Waals surface area contributed by atoms with Gasteiger partial charge in [0.25, 0.3) is 5.91 Å². The molecule has 2 rings (SSSR count). The molecule has 0 atom stereocenters. The van der Waals surface area contributed by atoms with Gasteiger partial charge < -0.3 is 4.74 Å². The van der Waals surface area contributed by atoms with Crippen molar-refractivity contribution < 1.29 is 9.53 Å². The van der Waals surface area contributed by atoms with Gasteiger partial charge in [-0.1, -0.05) is 47.5 Å². The highest BCUT2D eigenvalue weighted by atomic mass is 35.5. The number of nitrogens with one attached hydrogen (secondary N) is 1. The van der Waals surface area contributed by atoms with E-state index in [1.165, 1.54) is 0 Å². The van der Waals surface area contributed by atoms with Crippen molar-refractivity contribution in [1.29, 1.82) is 0 Å². The summed E-state index contributed by atoms with van der Waals surface area (Å²) in [6.45, 7) is 3.85. The number of carbonyl (C=O) groups is 1. The number of hydrogen-bond donors (Lipinski definition) is 1. The van der Waals surface area contributed by atoms with Crippen LogP contribution in [0.1, 0.15) is 16.7 Å². The SMILES string of the molecule is Cc1ccc(C)c(/C=N\NC(=O)COc2ccccc2Cl)c1. The molecule has 0 aliphatic rings. The molecule has 22 heavy (non-hydrogen) atoms. The molecule has 114 valence electrons. The summed E-state index contributed by atoms with van der Waals surface area (Å²) in [7, 11) is 0. The van der Waals surface area contributed by atoms with Gasteiger partial charge >= 0.3 is 0 Å². The molecule has 0 aliphatic heterocycles. The van der Waals surface area contributed by atoms with E-state index in [1.807, 2.05) is 32.0 Å². The second-order valence-electron chi connectivity index (χ2n) is 4.87.